The fourth-order valence-electron chi connectivity index (χ4n) is 4.66. The number of fused-ring (bicyclic) bond motifs is 1. The van der Waals surface area contributed by atoms with Gasteiger partial charge in [0.1, 0.15) is 11.5 Å². The van der Waals surface area contributed by atoms with Gasteiger partial charge in [0.2, 0.25) is 0 Å². The predicted octanol–water partition coefficient (Wildman–Crippen LogP) is 5.11. The van der Waals surface area contributed by atoms with Crippen molar-refractivity contribution in [3.63, 3.8) is 0 Å². The molecule has 0 amide bonds. The van der Waals surface area contributed by atoms with E-state index in [0.29, 0.717) is 48.3 Å². The van der Waals surface area contributed by atoms with E-state index < -0.39 is 18.0 Å². The molecule has 204 valence electrons. The van der Waals surface area contributed by atoms with Crippen molar-refractivity contribution in [3.05, 3.63) is 113 Å². The summed E-state index contributed by atoms with van der Waals surface area (Å²) in [4.78, 5) is 43.6. The van der Waals surface area contributed by atoms with Gasteiger partial charge in [0.25, 0.3) is 5.56 Å². The molecule has 0 radical (unpaired) electrons. The Morgan fingerprint density at radius 1 is 1.12 bits per heavy atom. The predicted molar refractivity (Wildman–Crippen MR) is 152 cm³/mol. The topological polar surface area (TPSA) is 111 Å². The lowest BCUT2D eigenvalue weighted by Gasteiger charge is -2.25. The molecule has 5 rings (SSSR count). The third-order valence-corrected chi connectivity index (χ3v) is 7.73. The molecule has 0 saturated heterocycles. The number of carboxylic acid groups (broad SMARTS) is 1. The Bertz CT molecular complexity index is 1860. The van der Waals surface area contributed by atoms with E-state index >= 15 is 0 Å². The van der Waals surface area contributed by atoms with Gasteiger partial charge in [-0.05, 0) is 69.2 Å². The summed E-state index contributed by atoms with van der Waals surface area (Å²) in [6.07, 6.45) is 1.27. The standard InChI is InChI=1S/C30H25ClN2O6S/c1-15(2)38-29(37)25-17(4)32-30-33(26(25)18-8-10-19(31)11-9-18)27(34)24(40-30)14-20-12-13-23(39-20)21-6-5-7-22(16(21)3)28(35)36/h5-15,26H,1-4H3,(H,35,36). The second-order valence-corrected chi connectivity index (χ2v) is 11.0. The fourth-order valence-corrected chi connectivity index (χ4v) is 5.81. The van der Waals surface area contributed by atoms with Crippen LogP contribution >= 0.6 is 22.9 Å². The van der Waals surface area contributed by atoms with Crippen LogP contribution in [0.5, 0.6) is 0 Å². The SMILES string of the molecule is CC1=C(C(=O)OC(C)C)C(c2ccc(Cl)cc2)n2c(sc(=Cc3ccc(-c4cccc(C(=O)O)c4C)o3)c2=O)=N1. The molecule has 0 fully saturated rings. The number of halogens is 1. The molecule has 1 N–H and O–H groups in total. The molecule has 1 aliphatic rings. The number of rotatable bonds is 6. The highest BCUT2D eigenvalue weighted by Crippen LogP contribution is 2.32. The van der Waals surface area contributed by atoms with Gasteiger partial charge >= 0.3 is 11.9 Å². The van der Waals surface area contributed by atoms with Crippen LogP contribution in [0.4, 0.5) is 0 Å². The maximum atomic E-state index is 13.8. The molecule has 1 unspecified atom stereocenters. The normalized spacial score (nSPS) is 15.2. The van der Waals surface area contributed by atoms with E-state index in [0.717, 1.165) is 0 Å². The molecule has 0 saturated carbocycles. The number of esters is 1. The summed E-state index contributed by atoms with van der Waals surface area (Å²) in [7, 11) is 0. The van der Waals surface area contributed by atoms with Crippen LogP contribution in [0.3, 0.4) is 0 Å². The average molecular weight is 577 g/mol. The minimum Gasteiger partial charge on any atom is -0.478 e. The van der Waals surface area contributed by atoms with Crippen LogP contribution in [0, 0.1) is 6.92 Å². The van der Waals surface area contributed by atoms with Crippen LogP contribution in [-0.4, -0.2) is 27.7 Å². The summed E-state index contributed by atoms with van der Waals surface area (Å²) >= 11 is 7.30. The molecule has 10 heteroatoms. The summed E-state index contributed by atoms with van der Waals surface area (Å²) in [6, 6.07) is 14.6. The highest BCUT2D eigenvalue weighted by Gasteiger charge is 2.33. The summed E-state index contributed by atoms with van der Waals surface area (Å²) in [5.41, 5.74) is 2.51. The van der Waals surface area contributed by atoms with Crippen LogP contribution in [0.2, 0.25) is 5.02 Å². The minimum absolute atomic E-state index is 0.188. The summed E-state index contributed by atoms with van der Waals surface area (Å²) in [6.45, 7) is 6.97. The Hall–Kier alpha value is -4.21. The number of hydrogen-bond donors (Lipinski definition) is 1. The molecule has 0 spiro atoms. The van der Waals surface area contributed by atoms with E-state index in [2.05, 4.69) is 4.99 Å². The Balaban J connectivity index is 1.62. The quantitative estimate of drug-likeness (QED) is 0.319. The van der Waals surface area contributed by atoms with Crippen LogP contribution in [0.25, 0.3) is 17.4 Å². The van der Waals surface area contributed by atoms with E-state index in [-0.39, 0.29) is 22.8 Å². The lowest BCUT2D eigenvalue weighted by molar-refractivity contribution is -0.143. The van der Waals surface area contributed by atoms with Crippen molar-refractivity contribution in [1.82, 2.24) is 4.57 Å². The largest absolute Gasteiger partial charge is 0.478 e. The van der Waals surface area contributed by atoms with Gasteiger partial charge in [0.05, 0.1) is 33.5 Å². The first-order valence-electron chi connectivity index (χ1n) is 12.5. The molecular weight excluding hydrogens is 552 g/mol. The van der Waals surface area contributed by atoms with E-state index in [1.54, 1.807) is 82.3 Å². The number of carbonyl (C=O) groups is 2. The van der Waals surface area contributed by atoms with E-state index in [9.17, 15) is 19.5 Å². The molecule has 4 aromatic rings. The Morgan fingerprint density at radius 3 is 2.52 bits per heavy atom. The third-order valence-electron chi connectivity index (χ3n) is 6.50. The molecule has 0 bridgehead atoms. The maximum Gasteiger partial charge on any atom is 0.338 e. The van der Waals surface area contributed by atoms with Crippen molar-refractivity contribution in [2.75, 3.05) is 0 Å². The van der Waals surface area contributed by atoms with Gasteiger partial charge in [-0.25, -0.2) is 14.6 Å². The third kappa shape index (κ3) is 5.05. The molecular formula is C30H25ClN2O6S. The number of allylic oxidation sites excluding steroid dienone is 1. The fraction of sp³-hybridized carbons (Fsp3) is 0.200. The molecule has 40 heavy (non-hydrogen) atoms. The zero-order chi connectivity index (χ0) is 28.7. The first-order valence-corrected chi connectivity index (χ1v) is 13.7. The van der Waals surface area contributed by atoms with E-state index in [1.165, 1.54) is 22.0 Å². The van der Waals surface area contributed by atoms with Crippen LogP contribution < -0.4 is 14.9 Å². The highest BCUT2D eigenvalue weighted by atomic mass is 35.5. The number of carbonyl (C=O) groups excluding carboxylic acids is 1. The van der Waals surface area contributed by atoms with Gasteiger partial charge < -0.3 is 14.3 Å². The molecule has 1 aliphatic heterocycles. The number of ether oxygens (including phenoxy) is 1. The summed E-state index contributed by atoms with van der Waals surface area (Å²) in [5, 5.41) is 9.99. The molecule has 1 atom stereocenters. The summed E-state index contributed by atoms with van der Waals surface area (Å²) in [5.74, 6) is -0.665. The zero-order valence-electron chi connectivity index (χ0n) is 22.1. The number of benzene rings is 2. The highest BCUT2D eigenvalue weighted by molar-refractivity contribution is 7.07. The number of furan rings is 1. The molecule has 2 aromatic carbocycles. The minimum atomic E-state index is -1.02. The second-order valence-electron chi connectivity index (χ2n) is 9.57. The average Bonchev–Trinajstić information content (AvgIpc) is 3.47. The van der Waals surface area contributed by atoms with Crippen molar-refractivity contribution in [3.8, 4) is 11.3 Å². The lowest BCUT2D eigenvalue weighted by atomic mass is 9.96. The molecule has 2 aromatic heterocycles. The number of thiazole rings is 1. The van der Waals surface area contributed by atoms with Gasteiger partial charge in [0, 0.05) is 16.7 Å². The number of nitrogens with zero attached hydrogens (tertiary/aromatic N) is 2. The van der Waals surface area contributed by atoms with Crippen molar-refractivity contribution in [2.45, 2.75) is 39.8 Å². The van der Waals surface area contributed by atoms with Crippen molar-refractivity contribution >= 4 is 41.0 Å². The van der Waals surface area contributed by atoms with Gasteiger partial charge in [0.15, 0.2) is 4.80 Å². The molecule has 8 nitrogen and oxygen atoms in total. The summed E-state index contributed by atoms with van der Waals surface area (Å²) < 4.78 is 13.4. The number of carboxylic acids is 1. The molecule has 3 heterocycles. The first kappa shape index (κ1) is 27.4. The van der Waals surface area contributed by atoms with Crippen LogP contribution in [0.15, 0.2) is 80.1 Å². The maximum absolute atomic E-state index is 13.8. The van der Waals surface area contributed by atoms with Gasteiger partial charge in [-0.2, -0.15) is 0 Å². The van der Waals surface area contributed by atoms with Gasteiger partial charge in [-0.1, -0.05) is 47.2 Å². The van der Waals surface area contributed by atoms with Gasteiger partial charge in [-0.3, -0.25) is 9.36 Å². The van der Waals surface area contributed by atoms with Crippen molar-refractivity contribution < 1.29 is 23.8 Å². The van der Waals surface area contributed by atoms with E-state index in [1.807, 2.05) is 0 Å². The smallest absolute Gasteiger partial charge is 0.338 e. The van der Waals surface area contributed by atoms with Crippen LogP contribution in [0.1, 0.15) is 54.1 Å². The second kappa shape index (κ2) is 10.7. The number of aromatic carboxylic acids is 1. The van der Waals surface area contributed by atoms with E-state index in [4.69, 9.17) is 20.8 Å². The Labute approximate surface area is 238 Å². The monoisotopic (exact) mass is 576 g/mol. The van der Waals surface area contributed by atoms with Gasteiger partial charge in [-0.15, -0.1) is 0 Å². The Kier molecular flexibility index (Phi) is 7.35. The van der Waals surface area contributed by atoms with Crippen molar-refractivity contribution in [1.29, 1.82) is 0 Å². The Morgan fingerprint density at radius 2 is 1.85 bits per heavy atom. The van der Waals surface area contributed by atoms with Crippen LogP contribution in [-0.2, 0) is 9.53 Å². The first-order chi connectivity index (χ1) is 19.0. The van der Waals surface area contributed by atoms with Crippen molar-refractivity contribution in [2.24, 2.45) is 4.99 Å². The molecule has 0 aliphatic carbocycles. The zero-order valence-corrected chi connectivity index (χ0v) is 23.7. The lowest BCUT2D eigenvalue weighted by Crippen LogP contribution is -2.40. The number of aromatic nitrogens is 1. The number of hydrogen-bond acceptors (Lipinski definition) is 7.